The quantitative estimate of drug-likeness (QED) is 0.281. The van der Waals surface area contributed by atoms with E-state index in [1.807, 2.05) is 30.3 Å². The lowest BCUT2D eigenvalue weighted by molar-refractivity contribution is -0.140. The zero-order valence-corrected chi connectivity index (χ0v) is 23.2. The Kier molecular flexibility index (Phi) is 7.73. The number of carbonyl (C=O) groups is 3. The van der Waals surface area contributed by atoms with Gasteiger partial charge in [0.25, 0.3) is 5.91 Å². The standard InChI is InChI=1S/C29H30N2O8S/c1-16(2)24(28(35)36)31-40(37,38)29(14-12-20(13-15-29)19-8-6-5-7-9-19)30-27(34)26-17(3)23-22(39-26)11-10-21(18(4)32)25(23)33/h5-14,16,24,31,33H,15H2,1-4H3,(H,30,34)(H,35,36)/t24-,29?/m0/s1. The Morgan fingerprint density at radius 2 is 1.75 bits per heavy atom. The minimum absolute atomic E-state index is 0.0498. The molecule has 1 aliphatic rings. The van der Waals surface area contributed by atoms with E-state index in [0.717, 1.165) is 11.1 Å². The van der Waals surface area contributed by atoms with Crippen molar-refractivity contribution in [2.24, 2.45) is 5.92 Å². The lowest BCUT2D eigenvalue weighted by Gasteiger charge is -2.34. The average Bonchev–Trinajstić information content (AvgIpc) is 3.25. The van der Waals surface area contributed by atoms with Crippen molar-refractivity contribution in [1.29, 1.82) is 0 Å². The number of carboxylic acids is 1. The van der Waals surface area contributed by atoms with Crippen LogP contribution in [0.2, 0.25) is 0 Å². The van der Waals surface area contributed by atoms with Crippen molar-refractivity contribution in [1.82, 2.24) is 10.0 Å². The van der Waals surface area contributed by atoms with Gasteiger partial charge in [-0.1, -0.05) is 56.3 Å². The maximum absolute atomic E-state index is 13.8. The summed E-state index contributed by atoms with van der Waals surface area (Å²) in [5.74, 6) is -3.83. The van der Waals surface area contributed by atoms with Crippen molar-refractivity contribution in [2.45, 2.75) is 45.0 Å². The molecular formula is C29H30N2O8S. The molecule has 0 aliphatic heterocycles. The summed E-state index contributed by atoms with van der Waals surface area (Å²) in [4.78, 5) is 35.2. The van der Waals surface area contributed by atoms with E-state index >= 15 is 0 Å². The number of carboxylic acid groups (broad SMARTS) is 1. The number of aromatic hydroxyl groups is 1. The number of hydrogen-bond acceptors (Lipinski definition) is 7. The fourth-order valence-electron chi connectivity index (χ4n) is 4.64. The number of phenols is 1. The van der Waals surface area contributed by atoms with Crippen LogP contribution in [0.4, 0.5) is 0 Å². The highest BCUT2D eigenvalue weighted by molar-refractivity contribution is 7.91. The Morgan fingerprint density at radius 3 is 2.30 bits per heavy atom. The van der Waals surface area contributed by atoms with Gasteiger partial charge in [-0.3, -0.25) is 14.4 Å². The second-order valence-electron chi connectivity index (χ2n) is 10.0. The molecule has 0 bridgehead atoms. The van der Waals surface area contributed by atoms with Crippen LogP contribution in [-0.2, 0) is 14.8 Å². The summed E-state index contributed by atoms with van der Waals surface area (Å²) in [5.41, 5.74) is 1.95. The first-order valence-electron chi connectivity index (χ1n) is 12.6. The molecule has 1 heterocycles. The number of carbonyl (C=O) groups excluding carboxylic acids is 2. The van der Waals surface area contributed by atoms with Crippen LogP contribution >= 0.6 is 0 Å². The fourth-order valence-corrected chi connectivity index (χ4v) is 6.33. The van der Waals surface area contributed by atoms with Crippen molar-refractivity contribution in [2.75, 3.05) is 0 Å². The summed E-state index contributed by atoms with van der Waals surface area (Å²) >= 11 is 0. The van der Waals surface area contributed by atoms with Crippen LogP contribution < -0.4 is 10.0 Å². The number of nitrogens with one attached hydrogen (secondary N) is 2. The molecular weight excluding hydrogens is 536 g/mol. The minimum Gasteiger partial charge on any atom is -0.506 e. The van der Waals surface area contributed by atoms with Gasteiger partial charge in [-0.15, -0.1) is 0 Å². The molecule has 11 heteroatoms. The monoisotopic (exact) mass is 566 g/mol. The second-order valence-corrected chi connectivity index (χ2v) is 12.0. The molecule has 210 valence electrons. The van der Waals surface area contributed by atoms with E-state index < -0.39 is 38.7 Å². The molecule has 0 radical (unpaired) electrons. The van der Waals surface area contributed by atoms with Crippen molar-refractivity contribution in [3.05, 3.63) is 83.1 Å². The molecule has 4 rings (SSSR count). The Labute approximate surface area is 231 Å². The molecule has 0 saturated carbocycles. The number of fused-ring (bicyclic) bond motifs is 1. The first kappa shape index (κ1) is 28.8. The number of hydrogen-bond donors (Lipinski definition) is 4. The number of sulfonamides is 1. The normalized spacial score (nSPS) is 18.0. The van der Waals surface area contributed by atoms with Crippen molar-refractivity contribution >= 4 is 44.2 Å². The lowest BCUT2D eigenvalue weighted by atomic mass is 9.96. The molecule has 1 aromatic heterocycles. The zero-order chi connectivity index (χ0) is 29.4. The molecule has 40 heavy (non-hydrogen) atoms. The van der Waals surface area contributed by atoms with Crippen LogP contribution in [0.5, 0.6) is 5.75 Å². The molecule has 1 aliphatic carbocycles. The molecule has 4 N–H and O–H groups in total. The number of allylic oxidation sites excluding steroid dienone is 2. The maximum Gasteiger partial charge on any atom is 0.321 e. The summed E-state index contributed by atoms with van der Waals surface area (Å²) in [6.07, 6.45) is 4.31. The largest absolute Gasteiger partial charge is 0.506 e. The van der Waals surface area contributed by atoms with Crippen LogP contribution in [0.25, 0.3) is 16.5 Å². The molecule has 2 atom stereocenters. The Bertz CT molecular complexity index is 1670. The van der Waals surface area contributed by atoms with E-state index in [-0.39, 0.29) is 45.8 Å². The topological polar surface area (TPSA) is 163 Å². The van der Waals surface area contributed by atoms with Gasteiger partial charge in [0, 0.05) is 12.0 Å². The summed E-state index contributed by atoms with van der Waals surface area (Å²) < 4.78 is 35.5. The third-order valence-corrected chi connectivity index (χ3v) is 8.86. The summed E-state index contributed by atoms with van der Waals surface area (Å²) in [6.45, 7) is 5.93. The predicted octanol–water partition coefficient (Wildman–Crippen LogP) is 4.15. The van der Waals surface area contributed by atoms with Gasteiger partial charge in [0.15, 0.2) is 16.4 Å². The molecule has 1 unspecified atom stereocenters. The second kappa shape index (κ2) is 10.7. The van der Waals surface area contributed by atoms with Gasteiger partial charge in [0.1, 0.15) is 17.4 Å². The van der Waals surface area contributed by atoms with Crippen molar-refractivity contribution in [3.8, 4) is 5.75 Å². The average molecular weight is 567 g/mol. The van der Waals surface area contributed by atoms with E-state index in [9.17, 15) is 33.0 Å². The fraction of sp³-hybridized carbons (Fsp3) is 0.276. The highest BCUT2D eigenvalue weighted by Gasteiger charge is 2.46. The third-order valence-electron chi connectivity index (χ3n) is 6.94. The molecule has 0 saturated heterocycles. The minimum atomic E-state index is -4.54. The van der Waals surface area contributed by atoms with Gasteiger partial charge < -0.3 is 19.9 Å². The number of benzene rings is 2. The number of aryl methyl sites for hydroxylation is 1. The molecule has 0 fully saturated rings. The van der Waals surface area contributed by atoms with Crippen LogP contribution in [0.1, 0.15) is 59.2 Å². The van der Waals surface area contributed by atoms with E-state index in [2.05, 4.69) is 10.0 Å². The summed E-state index contributed by atoms with van der Waals surface area (Å²) in [5, 5.41) is 23.0. The van der Waals surface area contributed by atoms with Crippen LogP contribution in [0.3, 0.4) is 0 Å². The number of phenolic OH excluding ortho intramolecular Hbond substituents is 1. The molecule has 1 amide bonds. The van der Waals surface area contributed by atoms with E-state index in [0.29, 0.717) is 0 Å². The highest BCUT2D eigenvalue weighted by atomic mass is 32.2. The SMILES string of the molecule is CC(=O)c1ccc2oc(C(=O)NC3(S(=O)(=O)N[C@H](C(=O)O)C(C)C)C=CC(c4ccccc4)=CC3)c(C)c2c1O. The maximum atomic E-state index is 13.8. The van der Waals surface area contributed by atoms with Crippen LogP contribution in [0, 0.1) is 12.8 Å². The molecule has 0 spiro atoms. The van der Waals surface area contributed by atoms with Crippen molar-refractivity contribution < 1.29 is 37.4 Å². The summed E-state index contributed by atoms with van der Waals surface area (Å²) in [6, 6.07) is 10.6. The number of furan rings is 1. The predicted molar refractivity (Wildman–Crippen MR) is 149 cm³/mol. The summed E-state index contributed by atoms with van der Waals surface area (Å²) in [7, 11) is -4.54. The van der Waals surface area contributed by atoms with E-state index in [4.69, 9.17) is 4.42 Å². The number of amides is 1. The van der Waals surface area contributed by atoms with Gasteiger partial charge in [-0.25, -0.2) is 8.42 Å². The Hall–Kier alpha value is -4.22. The lowest BCUT2D eigenvalue weighted by Crippen LogP contribution is -2.60. The number of ketones is 1. The van der Waals surface area contributed by atoms with Gasteiger partial charge in [0.2, 0.25) is 10.0 Å². The van der Waals surface area contributed by atoms with Crippen molar-refractivity contribution in [3.63, 3.8) is 0 Å². The number of Topliss-reactive ketones (excluding diaryl/α,β-unsaturated/α-hetero) is 1. The Balaban J connectivity index is 1.77. The van der Waals surface area contributed by atoms with Crippen LogP contribution in [-0.4, -0.2) is 47.2 Å². The number of aliphatic carboxylic acids is 1. The molecule has 10 nitrogen and oxygen atoms in total. The van der Waals surface area contributed by atoms with E-state index in [1.165, 1.54) is 32.1 Å². The third kappa shape index (κ3) is 5.17. The van der Waals surface area contributed by atoms with E-state index in [1.54, 1.807) is 26.0 Å². The smallest absolute Gasteiger partial charge is 0.321 e. The van der Waals surface area contributed by atoms with Gasteiger partial charge in [-0.05, 0) is 49.1 Å². The van der Waals surface area contributed by atoms with Crippen LogP contribution in [0.15, 0.2) is 65.1 Å². The van der Waals surface area contributed by atoms with Gasteiger partial charge in [-0.2, -0.15) is 4.72 Å². The zero-order valence-electron chi connectivity index (χ0n) is 22.4. The number of rotatable bonds is 9. The first-order valence-corrected chi connectivity index (χ1v) is 14.0. The Morgan fingerprint density at radius 1 is 1.07 bits per heavy atom. The van der Waals surface area contributed by atoms with Gasteiger partial charge >= 0.3 is 5.97 Å². The molecule has 2 aromatic carbocycles. The molecule has 3 aromatic rings. The van der Waals surface area contributed by atoms with Gasteiger partial charge in [0.05, 0.1) is 10.9 Å². The highest BCUT2D eigenvalue weighted by Crippen LogP contribution is 2.37. The first-order chi connectivity index (χ1) is 18.8.